The largest absolute Gasteiger partial charge is 0.396 e. The third-order valence-electron chi connectivity index (χ3n) is 3.90. The van der Waals surface area contributed by atoms with Gasteiger partial charge in [0.2, 0.25) is 0 Å². The Morgan fingerprint density at radius 3 is 2.50 bits per heavy atom. The van der Waals surface area contributed by atoms with Crippen molar-refractivity contribution in [2.75, 3.05) is 13.2 Å². The molecule has 0 bridgehead atoms. The van der Waals surface area contributed by atoms with E-state index in [4.69, 9.17) is 5.11 Å². The predicted molar refractivity (Wildman–Crippen MR) is 69.6 cm³/mol. The molecule has 0 amide bonds. The summed E-state index contributed by atoms with van der Waals surface area (Å²) in [6.45, 7) is 3.79. The Hall–Kier alpha value is -0.0800. The molecule has 0 aromatic heterocycles. The van der Waals surface area contributed by atoms with E-state index in [9.17, 15) is 0 Å². The molecule has 1 saturated carbocycles. The van der Waals surface area contributed by atoms with Crippen molar-refractivity contribution >= 4 is 0 Å². The molecule has 0 radical (unpaired) electrons. The van der Waals surface area contributed by atoms with Gasteiger partial charge < -0.3 is 10.4 Å². The lowest BCUT2D eigenvalue weighted by Crippen LogP contribution is -2.37. The fraction of sp³-hybridized carbons (Fsp3) is 1.00. The Morgan fingerprint density at radius 1 is 1.12 bits per heavy atom. The lowest BCUT2D eigenvalue weighted by molar-refractivity contribution is 0.258. The van der Waals surface area contributed by atoms with Crippen LogP contribution < -0.4 is 5.32 Å². The van der Waals surface area contributed by atoms with E-state index in [0.29, 0.717) is 6.61 Å². The van der Waals surface area contributed by atoms with Crippen molar-refractivity contribution in [1.29, 1.82) is 0 Å². The molecule has 1 aliphatic rings. The highest BCUT2D eigenvalue weighted by atomic mass is 16.2. The van der Waals surface area contributed by atoms with Gasteiger partial charge in [-0.15, -0.1) is 0 Å². The first-order valence-corrected chi connectivity index (χ1v) is 7.22. The monoisotopic (exact) mass is 227 g/mol. The third kappa shape index (κ3) is 5.31. The summed E-state index contributed by atoms with van der Waals surface area (Å²) in [5.74, 6) is 0.927. The van der Waals surface area contributed by atoms with Gasteiger partial charge in [0, 0.05) is 12.6 Å². The van der Waals surface area contributed by atoms with Gasteiger partial charge in [-0.2, -0.15) is 0 Å². The maximum absolute atomic E-state index is 8.70. The van der Waals surface area contributed by atoms with Crippen LogP contribution in [0.15, 0.2) is 0 Å². The van der Waals surface area contributed by atoms with Crippen LogP contribution in [0, 0.1) is 5.92 Å². The zero-order chi connectivity index (χ0) is 11.6. The molecule has 16 heavy (non-hydrogen) atoms. The van der Waals surface area contributed by atoms with E-state index in [2.05, 4.69) is 12.2 Å². The lowest BCUT2D eigenvalue weighted by Gasteiger charge is -2.30. The van der Waals surface area contributed by atoms with E-state index in [-0.39, 0.29) is 0 Å². The van der Waals surface area contributed by atoms with Gasteiger partial charge in [-0.1, -0.05) is 26.2 Å². The predicted octanol–water partition coefficient (Wildman–Crippen LogP) is 3.10. The summed E-state index contributed by atoms with van der Waals surface area (Å²) in [6, 6.07) is 0.745. The number of hydrogen-bond acceptors (Lipinski definition) is 2. The van der Waals surface area contributed by atoms with E-state index in [1.165, 1.54) is 44.9 Å². The molecule has 1 fully saturated rings. The van der Waals surface area contributed by atoms with Crippen molar-refractivity contribution in [2.24, 2.45) is 5.92 Å². The Kier molecular flexibility index (Phi) is 7.87. The van der Waals surface area contributed by atoms with Crippen molar-refractivity contribution in [1.82, 2.24) is 5.32 Å². The van der Waals surface area contributed by atoms with Crippen LogP contribution >= 0.6 is 0 Å². The molecular formula is C14H29NO. The molecular weight excluding hydrogens is 198 g/mol. The van der Waals surface area contributed by atoms with Crippen molar-refractivity contribution in [2.45, 2.75) is 70.8 Å². The Labute approximate surface area is 101 Å². The van der Waals surface area contributed by atoms with Crippen molar-refractivity contribution in [3.8, 4) is 0 Å². The minimum atomic E-state index is 0.347. The number of hydrogen-bond donors (Lipinski definition) is 2. The molecule has 2 nitrogen and oxygen atoms in total. The molecule has 0 spiro atoms. The first-order valence-electron chi connectivity index (χ1n) is 7.22. The molecule has 2 N–H and O–H groups in total. The van der Waals surface area contributed by atoms with Gasteiger partial charge in [0.05, 0.1) is 0 Å². The molecule has 0 aliphatic heterocycles. The highest BCUT2D eigenvalue weighted by Gasteiger charge is 2.21. The SMILES string of the molecule is CCC(NCCCCCO)C1CCCCC1. The molecule has 0 saturated heterocycles. The molecule has 0 aromatic carbocycles. The van der Waals surface area contributed by atoms with Crippen LogP contribution in [-0.4, -0.2) is 24.3 Å². The number of unbranched alkanes of at least 4 members (excludes halogenated alkanes) is 2. The zero-order valence-electron chi connectivity index (χ0n) is 10.9. The Morgan fingerprint density at radius 2 is 1.88 bits per heavy atom. The molecule has 0 heterocycles. The summed E-state index contributed by atoms with van der Waals surface area (Å²) in [5.41, 5.74) is 0. The van der Waals surface area contributed by atoms with Crippen LogP contribution in [0.3, 0.4) is 0 Å². The molecule has 1 rings (SSSR count). The van der Waals surface area contributed by atoms with Crippen LogP contribution in [0.2, 0.25) is 0 Å². The fourth-order valence-electron chi connectivity index (χ4n) is 2.88. The molecule has 1 unspecified atom stereocenters. The van der Waals surface area contributed by atoms with Crippen molar-refractivity contribution in [3.05, 3.63) is 0 Å². The molecule has 1 atom stereocenters. The highest BCUT2D eigenvalue weighted by molar-refractivity contribution is 4.78. The summed E-state index contributed by atoms with van der Waals surface area (Å²) < 4.78 is 0. The smallest absolute Gasteiger partial charge is 0.0431 e. The Bertz CT molecular complexity index is 155. The molecule has 0 aromatic rings. The third-order valence-corrected chi connectivity index (χ3v) is 3.90. The van der Waals surface area contributed by atoms with Crippen LogP contribution in [0.5, 0.6) is 0 Å². The van der Waals surface area contributed by atoms with Crippen molar-refractivity contribution < 1.29 is 5.11 Å². The summed E-state index contributed by atoms with van der Waals surface area (Å²) in [5, 5.41) is 12.4. The number of nitrogens with one attached hydrogen (secondary N) is 1. The Balaban J connectivity index is 2.10. The van der Waals surface area contributed by atoms with E-state index < -0.39 is 0 Å². The minimum Gasteiger partial charge on any atom is -0.396 e. The van der Waals surface area contributed by atoms with E-state index >= 15 is 0 Å². The maximum atomic E-state index is 8.70. The standard InChI is InChI=1S/C14H29NO/c1-2-14(13-9-5-3-6-10-13)15-11-7-4-8-12-16/h13-16H,2-12H2,1H3. The van der Waals surface area contributed by atoms with Crippen LogP contribution in [0.25, 0.3) is 0 Å². The minimum absolute atomic E-state index is 0.347. The molecule has 96 valence electrons. The number of rotatable bonds is 8. The van der Waals surface area contributed by atoms with Gasteiger partial charge in [-0.25, -0.2) is 0 Å². The lowest BCUT2D eigenvalue weighted by atomic mass is 9.83. The second kappa shape index (κ2) is 9.00. The summed E-state index contributed by atoms with van der Waals surface area (Å²) in [7, 11) is 0. The average Bonchev–Trinajstić information content (AvgIpc) is 2.35. The second-order valence-electron chi connectivity index (χ2n) is 5.15. The topological polar surface area (TPSA) is 32.3 Å². The van der Waals surface area contributed by atoms with E-state index in [1.807, 2.05) is 0 Å². The maximum Gasteiger partial charge on any atom is 0.0431 e. The van der Waals surface area contributed by atoms with Gasteiger partial charge >= 0.3 is 0 Å². The van der Waals surface area contributed by atoms with Gasteiger partial charge in [0.25, 0.3) is 0 Å². The average molecular weight is 227 g/mol. The van der Waals surface area contributed by atoms with Crippen LogP contribution in [-0.2, 0) is 0 Å². The van der Waals surface area contributed by atoms with Crippen LogP contribution in [0.4, 0.5) is 0 Å². The van der Waals surface area contributed by atoms with E-state index in [0.717, 1.165) is 31.3 Å². The normalized spacial score (nSPS) is 19.9. The first-order chi connectivity index (χ1) is 7.88. The van der Waals surface area contributed by atoms with E-state index in [1.54, 1.807) is 0 Å². The van der Waals surface area contributed by atoms with Gasteiger partial charge in [0.15, 0.2) is 0 Å². The highest BCUT2D eigenvalue weighted by Crippen LogP contribution is 2.27. The summed E-state index contributed by atoms with van der Waals surface area (Å²) >= 11 is 0. The fourth-order valence-corrected chi connectivity index (χ4v) is 2.88. The molecule has 2 heteroatoms. The first kappa shape index (κ1) is 14.0. The van der Waals surface area contributed by atoms with Gasteiger partial charge in [-0.3, -0.25) is 0 Å². The molecule has 1 aliphatic carbocycles. The number of aliphatic hydroxyl groups is 1. The summed E-state index contributed by atoms with van der Waals surface area (Å²) in [6.07, 6.45) is 11.8. The quantitative estimate of drug-likeness (QED) is 0.625. The summed E-state index contributed by atoms with van der Waals surface area (Å²) in [4.78, 5) is 0. The number of aliphatic hydroxyl groups excluding tert-OH is 1. The van der Waals surface area contributed by atoms with Gasteiger partial charge in [0.1, 0.15) is 0 Å². The zero-order valence-corrected chi connectivity index (χ0v) is 10.9. The second-order valence-corrected chi connectivity index (χ2v) is 5.15. The van der Waals surface area contributed by atoms with Gasteiger partial charge in [-0.05, 0) is 51.0 Å². The van der Waals surface area contributed by atoms with Crippen molar-refractivity contribution in [3.63, 3.8) is 0 Å². The van der Waals surface area contributed by atoms with Crippen LogP contribution in [0.1, 0.15) is 64.7 Å².